The molecule has 0 spiro atoms. The van der Waals surface area contributed by atoms with Crippen molar-refractivity contribution in [1.29, 1.82) is 10.5 Å². The molecule has 0 bridgehead atoms. The first-order valence-corrected chi connectivity index (χ1v) is 14.3. The summed E-state index contributed by atoms with van der Waals surface area (Å²) in [6.45, 7) is 11.1. The van der Waals surface area contributed by atoms with Crippen LogP contribution in [0.15, 0.2) is 53.9 Å². The van der Waals surface area contributed by atoms with Gasteiger partial charge in [-0.25, -0.2) is 0 Å². The number of halogens is 2. The van der Waals surface area contributed by atoms with E-state index in [1.165, 1.54) is 43.5 Å². The van der Waals surface area contributed by atoms with Gasteiger partial charge in [0.2, 0.25) is 0 Å². The fraction of sp³-hybridized carbons (Fsp3) is 0.467. The molecule has 2 aliphatic heterocycles. The first-order chi connectivity index (χ1) is 18.5. The van der Waals surface area contributed by atoms with Gasteiger partial charge in [-0.15, -0.1) is 0 Å². The third-order valence-corrected chi connectivity index (χ3v) is 7.84. The van der Waals surface area contributed by atoms with E-state index in [9.17, 15) is 10.5 Å². The fourth-order valence-corrected chi connectivity index (χ4v) is 5.96. The van der Waals surface area contributed by atoms with E-state index in [0.29, 0.717) is 22.4 Å². The first kappa shape index (κ1) is 28.3. The normalized spacial score (nSPS) is 16.1. The summed E-state index contributed by atoms with van der Waals surface area (Å²) in [6, 6.07) is 18.7. The van der Waals surface area contributed by atoms with Crippen molar-refractivity contribution >= 4 is 23.2 Å². The second-order valence-corrected chi connectivity index (χ2v) is 11.0. The fourth-order valence-electron chi connectivity index (χ4n) is 5.38. The number of rotatable bonds is 10. The van der Waals surface area contributed by atoms with Crippen LogP contribution in [0.5, 0.6) is 0 Å². The molecule has 8 heteroatoms. The molecule has 0 aromatic heterocycles. The summed E-state index contributed by atoms with van der Waals surface area (Å²) in [5.41, 5.74) is 3.78. The van der Waals surface area contributed by atoms with Crippen LogP contribution in [-0.2, 0) is 19.6 Å². The number of likely N-dealkylation sites (tertiary alicyclic amines) is 1. The molecular formula is C30H36Cl2N6. The molecule has 0 unspecified atom stereocenters. The van der Waals surface area contributed by atoms with E-state index < -0.39 is 0 Å². The lowest BCUT2D eigenvalue weighted by molar-refractivity contribution is 0.220. The van der Waals surface area contributed by atoms with Crippen LogP contribution in [0.1, 0.15) is 42.9 Å². The van der Waals surface area contributed by atoms with Crippen LogP contribution in [0, 0.1) is 22.7 Å². The monoisotopic (exact) mass is 550 g/mol. The van der Waals surface area contributed by atoms with Crippen molar-refractivity contribution in [2.45, 2.75) is 45.8 Å². The summed E-state index contributed by atoms with van der Waals surface area (Å²) in [7, 11) is 0. The summed E-state index contributed by atoms with van der Waals surface area (Å²) in [6.07, 6.45) is 3.99. The molecule has 0 atom stereocenters. The van der Waals surface area contributed by atoms with Gasteiger partial charge < -0.3 is 9.80 Å². The number of benzene rings is 2. The molecule has 2 aliphatic rings. The average Bonchev–Trinajstić information content (AvgIpc) is 3.30. The van der Waals surface area contributed by atoms with Crippen LogP contribution in [0.4, 0.5) is 0 Å². The zero-order valence-corrected chi connectivity index (χ0v) is 23.7. The minimum Gasteiger partial charge on any atom is -0.354 e. The smallest absolute Gasteiger partial charge is 0.169 e. The maximum absolute atomic E-state index is 9.68. The molecule has 2 heterocycles. The lowest BCUT2D eigenvalue weighted by atomic mass is 10.1. The van der Waals surface area contributed by atoms with Crippen molar-refractivity contribution in [2.24, 2.45) is 0 Å². The first-order valence-electron chi connectivity index (χ1n) is 13.5. The third-order valence-electron chi connectivity index (χ3n) is 7.40. The molecule has 0 radical (unpaired) electrons. The van der Waals surface area contributed by atoms with E-state index in [4.69, 9.17) is 23.2 Å². The van der Waals surface area contributed by atoms with Crippen LogP contribution in [-0.4, -0.2) is 65.4 Å². The summed E-state index contributed by atoms with van der Waals surface area (Å²) >= 11 is 12.4. The van der Waals surface area contributed by atoms with Gasteiger partial charge in [0.05, 0.1) is 0 Å². The van der Waals surface area contributed by atoms with E-state index >= 15 is 0 Å². The Hall–Kier alpha value is -2.74. The predicted molar refractivity (Wildman–Crippen MR) is 153 cm³/mol. The zero-order valence-electron chi connectivity index (χ0n) is 22.2. The number of nitrogens with zero attached hydrogens (tertiary/aromatic N) is 6. The van der Waals surface area contributed by atoms with Gasteiger partial charge in [-0.1, -0.05) is 60.8 Å². The van der Waals surface area contributed by atoms with Crippen LogP contribution in [0.3, 0.4) is 0 Å². The molecule has 2 fully saturated rings. The summed E-state index contributed by atoms with van der Waals surface area (Å²) in [5, 5.41) is 20.5. The molecular weight excluding hydrogens is 515 g/mol. The van der Waals surface area contributed by atoms with Crippen molar-refractivity contribution in [3.8, 4) is 12.1 Å². The van der Waals surface area contributed by atoms with E-state index in [2.05, 4.69) is 62.9 Å². The number of hydrogen-bond acceptors (Lipinski definition) is 6. The average molecular weight is 552 g/mol. The van der Waals surface area contributed by atoms with Gasteiger partial charge in [-0.05, 0) is 67.4 Å². The Morgan fingerprint density at radius 1 is 0.816 bits per heavy atom. The van der Waals surface area contributed by atoms with E-state index in [1.54, 1.807) is 6.07 Å². The quantitative estimate of drug-likeness (QED) is 0.344. The van der Waals surface area contributed by atoms with Gasteiger partial charge >= 0.3 is 0 Å². The second kappa shape index (κ2) is 13.9. The second-order valence-electron chi connectivity index (χ2n) is 10.1. The molecule has 0 aliphatic carbocycles. The molecule has 2 aromatic carbocycles. The van der Waals surface area contributed by atoms with E-state index in [1.807, 2.05) is 12.1 Å². The van der Waals surface area contributed by atoms with E-state index in [0.717, 1.165) is 51.4 Å². The number of hydrogen-bond donors (Lipinski definition) is 0. The molecule has 6 nitrogen and oxygen atoms in total. The number of likely N-dealkylation sites (N-methyl/N-ethyl adjacent to an activating group) is 1. The summed E-state index contributed by atoms with van der Waals surface area (Å²) in [5.74, 6) is 0.698. The minimum atomic E-state index is 0.142. The molecule has 0 N–H and O–H groups in total. The van der Waals surface area contributed by atoms with Gasteiger partial charge in [0.25, 0.3) is 0 Å². The zero-order chi connectivity index (χ0) is 26.9. The highest BCUT2D eigenvalue weighted by molar-refractivity contribution is 6.34. The summed E-state index contributed by atoms with van der Waals surface area (Å²) < 4.78 is 0. The number of allylic oxidation sites excluding steroid dienone is 1. The lowest BCUT2D eigenvalue weighted by Gasteiger charge is -2.28. The van der Waals surface area contributed by atoms with Crippen LogP contribution < -0.4 is 0 Å². The Labute approximate surface area is 237 Å². The SMILES string of the molecule is CCN(CCN1CCN(Cc2cc(Cl)cc(Cl)c2)C1=C(C#N)C#N)Cc1ccc(CN2CCCCC2)cc1. The van der Waals surface area contributed by atoms with Gasteiger partial charge in [-0.3, -0.25) is 9.80 Å². The topological polar surface area (TPSA) is 60.5 Å². The van der Waals surface area contributed by atoms with E-state index in [-0.39, 0.29) is 5.57 Å². The highest BCUT2D eigenvalue weighted by atomic mass is 35.5. The highest BCUT2D eigenvalue weighted by Gasteiger charge is 2.29. The molecule has 38 heavy (non-hydrogen) atoms. The molecule has 2 aromatic rings. The third kappa shape index (κ3) is 7.65. The van der Waals surface area contributed by atoms with Crippen molar-refractivity contribution in [3.05, 3.63) is 80.6 Å². The van der Waals surface area contributed by atoms with Gasteiger partial charge in [0, 0.05) is 55.9 Å². The largest absolute Gasteiger partial charge is 0.354 e. The summed E-state index contributed by atoms with van der Waals surface area (Å²) in [4.78, 5) is 9.22. The van der Waals surface area contributed by atoms with Crippen molar-refractivity contribution < 1.29 is 0 Å². The van der Waals surface area contributed by atoms with Gasteiger partial charge in [0.15, 0.2) is 5.57 Å². The predicted octanol–water partition coefficient (Wildman–Crippen LogP) is 5.88. The Morgan fingerprint density at radius 3 is 2.08 bits per heavy atom. The standard InChI is InChI=1S/C30H36Cl2N6/c1-2-35(21-24-6-8-25(9-7-24)22-36-10-4-3-5-11-36)12-13-37-14-15-38(30(37)27(19-33)20-34)23-26-16-28(31)18-29(32)17-26/h6-9,16-18H,2-5,10-15,21-23H2,1H3. The molecule has 2 saturated heterocycles. The van der Waals surface area contributed by atoms with Crippen LogP contribution in [0.2, 0.25) is 10.0 Å². The van der Waals surface area contributed by atoms with Crippen LogP contribution >= 0.6 is 23.2 Å². The maximum atomic E-state index is 9.68. The van der Waals surface area contributed by atoms with Crippen molar-refractivity contribution in [1.82, 2.24) is 19.6 Å². The molecule has 200 valence electrons. The molecule has 4 rings (SSSR count). The highest BCUT2D eigenvalue weighted by Crippen LogP contribution is 2.27. The number of nitriles is 2. The van der Waals surface area contributed by atoms with Crippen LogP contribution in [0.25, 0.3) is 0 Å². The van der Waals surface area contributed by atoms with Crippen molar-refractivity contribution in [2.75, 3.05) is 45.8 Å². The van der Waals surface area contributed by atoms with Crippen molar-refractivity contribution in [3.63, 3.8) is 0 Å². The Balaban J connectivity index is 1.37. The maximum Gasteiger partial charge on any atom is 0.169 e. The lowest BCUT2D eigenvalue weighted by Crippen LogP contribution is -2.34. The Morgan fingerprint density at radius 2 is 1.45 bits per heavy atom. The Bertz CT molecular complexity index is 1150. The molecule has 0 saturated carbocycles. The Kier molecular flexibility index (Phi) is 10.3. The van der Waals surface area contributed by atoms with Gasteiger partial charge in [0.1, 0.15) is 18.0 Å². The minimum absolute atomic E-state index is 0.142. The molecule has 0 amide bonds. The van der Waals surface area contributed by atoms with Gasteiger partial charge in [-0.2, -0.15) is 10.5 Å². The number of piperidine rings is 1.